The molecular weight excluding hydrogens is 498 g/mol. The molecule has 1 N–H and O–H groups in total. The Hall–Kier alpha value is -3.79. The van der Waals surface area contributed by atoms with E-state index in [0.717, 1.165) is 5.56 Å². The fraction of sp³-hybridized carbons (Fsp3) is 0.259. The molecule has 0 aliphatic carbocycles. The Morgan fingerprint density at radius 3 is 2.03 bits per heavy atom. The van der Waals surface area contributed by atoms with Gasteiger partial charge in [-0.25, -0.2) is 19.6 Å². The van der Waals surface area contributed by atoms with Crippen LogP contribution in [0.4, 0.5) is 5.82 Å². The monoisotopic (exact) mass is 525 g/mol. The zero-order valence-electron chi connectivity index (χ0n) is 20.8. The number of carbonyl (C=O) groups excluding carboxylic acids is 1. The van der Waals surface area contributed by atoms with Crippen LogP contribution in [0.15, 0.2) is 48.5 Å². The second-order valence-electron chi connectivity index (χ2n) is 7.87. The molecule has 37 heavy (non-hydrogen) atoms. The van der Waals surface area contributed by atoms with Gasteiger partial charge in [0.1, 0.15) is 11.4 Å². The topological polar surface area (TPSA) is 111 Å². The van der Waals surface area contributed by atoms with Gasteiger partial charge in [-0.2, -0.15) is 0 Å². The fourth-order valence-electron chi connectivity index (χ4n) is 3.46. The van der Waals surface area contributed by atoms with E-state index in [1.54, 1.807) is 56.7 Å². The van der Waals surface area contributed by atoms with Crippen molar-refractivity contribution in [3.63, 3.8) is 0 Å². The largest absolute Gasteiger partial charge is 0.478 e. The number of hydrogen-bond acceptors (Lipinski definition) is 8. The van der Waals surface area contributed by atoms with Crippen LogP contribution < -0.4 is 4.90 Å². The second-order valence-corrected chi connectivity index (χ2v) is 8.23. The molecule has 0 unspecified atom stereocenters. The highest BCUT2D eigenvalue weighted by atomic mass is 35.5. The first-order valence-corrected chi connectivity index (χ1v) is 11.8. The maximum atomic E-state index is 11.7. The molecule has 1 heterocycles. The SMILES string of the molecule is COCCN(CCOC)c1nc(C=Cc2ccc(C(=O)OC)cc2)c(Cl)nc1-c1ccc(C(=O)O)cc1. The van der Waals surface area contributed by atoms with E-state index in [9.17, 15) is 14.7 Å². The lowest BCUT2D eigenvalue weighted by molar-refractivity contribution is 0.0599. The molecule has 0 amide bonds. The van der Waals surface area contributed by atoms with Crippen LogP contribution in [0.25, 0.3) is 23.4 Å². The Kier molecular flexibility index (Phi) is 10.1. The molecule has 2 aromatic carbocycles. The average Bonchev–Trinajstić information content (AvgIpc) is 2.92. The van der Waals surface area contributed by atoms with Crippen molar-refractivity contribution in [1.82, 2.24) is 9.97 Å². The zero-order valence-corrected chi connectivity index (χ0v) is 21.6. The lowest BCUT2D eigenvalue weighted by Gasteiger charge is -2.25. The lowest BCUT2D eigenvalue weighted by Crippen LogP contribution is -2.32. The number of anilines is 1. The number of esters is 1. The van der Waals surface area contributed by atoms with Crippen molar-refractivity contribution in [3.05, 3.63) is 76.1 Å². The summed E-state index contributed by atoms with van der Waals surface area (Å²) in [5.74, 6) is -0.867. The van der Waals surface area contributed by atoms with Crippen LogP contribution >= 0.6 is 11.6 Å². The summed E-state index contributed by atoms with van der Waals surface area (Å²) in [6.45, 7) is 1.94. The molecule has 0 atom stereocenters. The number of methoxy groups -OCH3 is 3. The van der Waals surface area contributed by atoms with Crippen molar-refractivity contribution in [1.29, 1.82) is 0 Å². The number of aromatic carboxylic acids is 1. The van der Waals surface area contributed by atoms with Crippen LogP contribution in [0, 0.1) is 0 Å². The standard InChI is InChI=1S/C27H28ClN3O6/c1-35-16-14-31(15-17-36-2)25-23(19-9-11-20(12-10-19)26(32)33)30-24(28)22(29-25)13-6-18-4-7-21(8-5-18)27(34)37-3/h4-13H,14-17H2,1-3H3,(H,32,33). The molecular formula is C27H28ClN3O6. The normalized spacial score (nSPS) is 11.0. The Bertz CT molecular complexity index is 1240. The van der Waals surface area contributed by atoms with Crippen molar-refractivity contribution in [2.75, 3.05) is 52.5 Å². The van der Waals surface area contributed by atoms with Gasteiger partial charge in [0.05, 0.1) is 31.5 Å². The average molecular weight is 526 g/mol. The van der Waals surface area contributed by atoms with E-state index >= 15 is 0 Å². The highest BCUT2D eigenvalue weighted by Crippen LogP contribution is 2.31. The highest BCUT2D eigenvalue weighted by molar-refractivity contribution is 6.31. The molecule has 0 saturated carbocycles. The number of carboxylic acid groups (broad SMARTS) is 1. The predicted octanol–water partition coefficient (Wildman–Crippen LogP) is 4.55. The predicted molar refractivity (Wildman–Crippen MR) is 142 cm³/mol. The first-order valence-electron chi connectivity index (χ1n) is 11.4. The van der Waals surface area contributed by atoms with Gasteiger partial charge in [-0.15, -0.1) is 0 Å². The number of benzene rings is 2. The third-order valence-corrected chi connectivity index (χ3v) is 5.74. The first kappa shape index (κ1) is 27.8. The van der Waals surface area contributed by atoms with Crippen LogP contribution in [0.3, 0.4) is 0 Å². The van der Waals surface area contributed by atoms with Crippen LogP contribution in [-0.4, -0.2) is 74.6 Å². The summed E-state index contributed by atoms with van der Waals surface area (Å²) in [6.07, 6.45) is 3.56. The summed E-state index contributed by atoms with van der Waals surface area (Å²) in [5, 5.41) is 9.44. The van der Waals surface area contributed by atoms with E-state index in [4.69, 9.17) is 30.8 Å². The highest BCUT2D eigenvalue weighted by Gasteiger charge is 2.19. The molecule has 9 nitrogen and oxygen atoms in total. The molecule has 1 aromatic heterocycles. The molecule has 0 radical (unpaired) electrons. The van der Waals surface area contributed by atoms with E-state index in [1.807, 2.05) is 11.0 Å². The van der Waals surface area contributed by atoms with E-state index in [0.29, 0.717) is 54.6 Å². The smallest absolute Gasteiger partial charge is 0.337 e. The summed E-state index contributed by atoms with van der Waals surface area (Å²) in [5.41, 5.74) is 3.06. The Labute approximate surface area is 220 Å². The molecule has 0 saturated heterocycles. The van der Waals surface area contributed by atoms with Crippen LogP contribution in [0.2, 0.25) is 5.15 Å². The molecule has 0 bridgehead atoms. The van der Waals surface area contributed by atoms with Crippen LogP contribution in [0.5, 0.6) is 0 Å². The van der Waals surface area contributed by atoms with E-state index in [1.165, 1.54) is 19.2 Å². The second kappa shape index (κ2) is 13.5. The summed E-state index contributed by atoms with van der Waals surface area (Å²) < 4.78 is 15.3. The van der Waals surface area contributed by atoms with E-state index < -0.39 is 11.9 Å². The number of rotatable bonds is 12. The molecule has 0 aliphatic heterocycles. The van der Waals surface area contributed by atoms with Gasteiger partial charge in [0.15, 0.2) is 11.0 Å². The van der Waals surface area contributed by atoms with Crippen molar-refractivity contribution >= 4 is 41.5 Å². The number of halogens is 1. The van der Waals surface area contributed by atoms with Crippen LogP contribution in [0.1, 0.15) is 32.0 Å². The van der Waals surface area contributed by atoms with E-state index in [-0.39, 0.29) is 10.7 Å². The first-order chi connectivity index (χ1) is 17.9. The molecule has 3 aromatic rings. The Balaban J connectivity index is 2.04. The van der Waals surface area contributed by atoms with Gasteiger partial charge in [0.25, 0.3) is 0 Å². The van der Waals surface area contributed by atoms with Gasteiger partial charge >= 0.3 is 11.9 Å². The maximum Gasteiger partial charge on any atom is 0.337 e. The summed E-state index contributed by atoms with van der Waals surface area (Å²) in [6, 6.07) is 13.3. The van der Waals surface area contributed by atoms with Crippen LogP contribution in [-0.2, 0) is 14.2 Å². The van der Waals surface area contributed by atoms with E-state index in [2.05, 4.69) is 4.98 Å². The van der Waals surface area contributed by atoms with Gasteiger partial charge in [-0.3, -0.25) is 0 Å². The van der Waals surface area contributed by atoms with Gasteiger partial charge in [0, 0.05) is 32.9 Å². The molecule has 194 valence electrons. The third kappa shape index (κ3) is 7.36. The summed E-state index contributed by atoms with van der Waals surface area (Å²) >= 11 is 6.55. The molecule has 0 fully saturated rings. The molecule has 10 heteroatoms. The minimum absolute atomic E-state index is 0.165. The van der Waals surface area contributed by atoms with Crippen molar-refractivity contribution in [3.8, 4) is 11.3 Å². The van der Waals surface area contributed by atoms with Crippen molar-refractivity contribution in [2.45, 2.75) is 0 Å². The minimum Gasteiger partial charge on any atom is -0.478 e. The summed E-state index contributed by atoms with van der Waals surface area (Å²) in [7, 11) is 4.57. The van der Waals surface area contributed by atoms with Crippen molar-refractivity contribution < 1.29 is 28.9 Å². The number of nitrogens with zero attached hydrogens (tertiary/aromatic N) is 3. The fourth-order valence-corrected chi connectivity index (χ4v) is 3.65. The lowest BCUT2D eigenvalue weighted by atomic mass is 10.1. The Morgan fingerprint density at radius 2 is 1.49 bits per heavy atom. The van der Waals surface area contributed by atoms with Gasteiger partial charge in [0.2, 0.25) is 0 Å². The van der Waals surface area contributed by atoms with Gasteiger partial charge < -0.3 is 24.2 Å². The maximum absolute atomic E-state index is 11.7. The number of aromatic nitrogens is 2. The Morgan fingerprint density at radius 1 is 0.892 bits per heavy atom. The quantitative estimate of drug-likeness (QED) is 0.340. The number of carboxylic acids is 1. The molecule has 0 spiro atoms. The zero-order chi connectivity index (χ0) is 26.8. The number of carbonyl (C=O) groups is 2. The minimum atomic E-state index is -1.02. The van der Waals surface area contributed by atoms with Crippen molar-refractivity contribution in [2.24, 2.45) is 0 Å². The van der Waals surface area contributed by atoms with Gasteiger partial charge in [-0.1, -0.05) is 41.9 Å². The third-order valence-electron chi connectivity index (χ3n) is 5.46. The number of ether oxygens (including phenoxy) is 3. The summed E-state index contributed by atoms with van der Waals surface area (Å²) in [4.78, 5) is 34.4. The number of hydrogen-bond donors (Lipinski definition) is 1. The van der Waals surface area contributed by atoms with Gasteiger partial charge in [-0.05, 0) is 35.9 Å². The molecule has 3 rings (SSSR count). The molecule has 0 aliphatic rings.